The van der Waals surface area contributed by atoms with Gasteiger partial charge in [-0.3, -0.25) is 0 Å². The molecule has 0 aromatic heterocycles. The molecule has 0 spiro atoms. The molecule has 2 N–H and O–H groups in total. The van der Waals surface area contributed by atoms with E-state index in [0.29, 0.717) is 33.7 Å². The average molecular weight is 509 g/mol. The Morgan fingerprint density at radius 1 is 0.444 bits per heavy atom. The van der Waals surface area contributed by atoms with Crippen LogP contribution >= 0.6 is 0 Å². The van der Waals surface area contributed by atoms with Crippen molar-refractivity contribution in [2.45, 2.75) is 185 Å². The highest BCUT2D eigenvalue weighted by Crippen LogP contribution is 2.34. The molecule has 2 nitrogen and oxygen atoms in total. The fourth-order valence-corrected chi connectivity index (χ4v) is 5.98. The van der Waals surface area contributed by atoms with Crippen molar-refractivity contribution in [3.8, 4) is 0 Å². The van der Waals surface area contributed by atoms with Crippen molar-refractivity contribution < 1.29 is 0 Å². The lowest BCUT2D eigenvalue weighted by atomic mass is 9.77. The predicted octanol–water partition coefficient (Wildman–Crippen LogP) is 10.5. The summed E-state index contributed by atoms with van der Waals surface area (Å²) in [6.07, 6.45) is 18.5. The molecule has 0 aromatic carbocycles. The summed E-state index contributed by atoms with van der Waals surface area (Å²) in [6.45, 7) is 31.3. The topological polar surface area (TPSA) is 24.1 Å². The van der Waals surface area contributed by atoms with E-state index in [1.165, 1.54) is 103 Å². The Balaban J connectivity index is 4.43. The summed E-state index contributed by atoms with van der Waals surface area (Å²) in [5.41, 5.74) is 1.66. The standard InChI is InChI=1S/C34H72N2/c1-13-15-21-33(9,10)27-29(25-31(3,4)5)35-23-19-17-18-20-24-36-30(26-32(6,7)8)28-34(11,12)22-16-14-2/h29-30,35-36H,13-28H2,1-12H3. The number of rotatable bonds is 21. The first-order valence-electron chi connectivity index (χ1n) is 16.0. The van der Waals surface area contributed by atoms with Gasteiger partial charge >= 0.3 is 0 Å². The minimum Gasteiger partial charge on any atom is -0.314 e. The number of hydrogen-bond donors (Lipinski definition) is 2. The highest BCUT2D eigenvalue weighted by atomic mass is 14.9. The van der Waals surface area contributed by atoms with E-state index in [1.54, 1.807) is 0 Å². The molecule has 2 atom stereocenters. The van der Waals surface area contributed by atoms with Crippen LogP contribution in [0.3, 0.4) is 0 Å². The SMILES string of the molecule is CCCCC(C)(C)CC(CC(C)(C)C)NCCCCCCNC(CC(C)(C)C)CC(C)(C)CCCC. The second kappa shape index (κ2) is 17.5. The highest BCUT2D eigenvalue weighted by molar-refractivity contribution is 4.83. The fourth-order valence-electron chi connectivity index (χ4n) is 5.98. The van der Waals surface area contributed by atoms with Gasteiger partial charge in [-0.2, -0.15) is 0 Å². The Kier molecular flexibility index (Phi) is 17.5. The van der Waals surface area contributed by atoms with E-state index in [-0.39, 0.29) is 0 Å². The number of unbranched alkanes of at least 4 members (excludes halogenated alkanes) is 5. The molecule has 0 rings (SSSR count). The second-order valence-corrected chi connectivity index (χ2v) is 16.2. The van der Waals surface area contributed by atoms with E-state index in [9.17, 15) is 0 Å². The first-order valence-corrected chi connectivity index (χ1v) is 16.0. The van der Waals surface area contributed by atoms with Gasteiger partial charge in [0.2, 0.25) is 0 Å². The van der Waals surface area contributed by atoms with Gasteiger partial charge in [-0.1, -0.05) is 122 Å². The van der Waals surface area contributed by atoms with Crippen molar-refractivity contribution in [1.82, 2.24) is 10.6 Å². The highest BCUT2D eigenvalue weighted by Gasteiger charge is 2.27. The summed E-state index contributed by atoms with van der Waals surface area (Å²) in [5, 5.41) is 7.94. The third-order valence-corrected chi connectivity index (χ3v) is 7.70. The third kappa shape index (κ3) is 22.0. The fraction of sp³-hybridized carbons (Fsp3) is 1.00. The van der Waals surface area contributed by atoms with Gasteiger partial charge < -0.3 is 10.6 Å². The monoisotopic (exact) mass is 509 g/mol. The lowest BCUT2D eigenvalue weighted by Gasteiger charge is -2.34. The molecular formula is C34H72N2. The first-order chi connectivity index (χ1) is 16.5. The smallest absolute Gasteiger partial charge is 0.00771 e. The molecule has 0 fully saturated rings. The van der Waals surface area contributed by atoms with Gasteiger partial charge in [-0.05, 0) is 86.1 Å². The van der Waals surface area contributed by atoms with Crippen LogP contribution in [0.1, 0.15) is 173 Å². The van der Waals surface area contributed by atoms with Crippen LogP contribution in [0.5, 0.6) is 0 Å². The van der Waals surface area contributed by atoms with Gasteiger partial charge in [0, 0.05) is 12.1 Å². The van der Waals surface area contributed by atoms with Crippen LogP contribution < -0.4 is 10.6 Å². The minimum absolute atomic E-state index is 0.388. The van der Waals surface area contributed by atoms with E-state index in [1.807, 2.05) is 0 Å². The molecular weight excluding hydrogens is 436 g/mol. The zero-order valence-electron chi connectivity index (χ0n) is 27.5. The van der Waals surface area contributed by atoms with Crippen LogP contribution in [0.2, 0.25) is 0 Å². The van der Waals surface area contributed by atoms with Gasteiger partial charge in [0.25, 0.3) is 0 Å². The average Bonchev–Trinajstić information content (AvgIpc) is 2.69. The molecule has 0 radical (unpaired) electrons. The number of nitrogens with one attached hydrogen (secondary N) is 2. The Labute approximate surface area is 230 Å². The summed E-state index contributed by atoms with van der Waals surface area (Å²) in [4.78, 5) is 0. The molecule has 2 heteroatoms. The summed E-state index contributed by atoms with van der Waals surface area (Å²) < 4.78 is 0. The molecule has 0 aliphatic rings. The molecule has 0 aliphatic heterocycles. The Morgan fingerprint density at radius 2 is 0.778 bits per heavy atom. The Bertz CT molecular complexity index is 472. The quantitative estimate of drug-likeness (QED) is 0.151. The normalized spacial score (nSPS) is 15.3. The first kappa shape index (κ1) is 35.9. The maximum atomic E-state index is 3.97. The van der Waals surface area contributed by atoms with Gasteiger partial charge in [-0.25, -0.2) is 0 Å². The van der Waals surface area contributed by atoms with Crippen molar-refractivity contribution in [1.29, 1.82) is 0 Å². The van der Waals surface area contributed by atoms with Crippen LogP contribution in [0.25, 0.3) is 0 Å². The summed E-state index contributed by atoms with van der Waals surface area (Å²) in [6, 6.07) is 1.29. The molecule has 0 saturated carbocycles. The van der Waals surface area contributed by atoms with Gasteiger partial charge in [0.05, 0.1) is 0 Å². The van der Waals surface area contributed by atoms with Crippen LogP contribution in [0, 0.1) is 21.7 Å². The molecule has 0 aliphatic carbocycles. The second-order valence-electron chi connectivity index (χ2n) is 16.2. The lowest BCUT2D eigenvalue weighted by Crippen LogP contribution is -2.37. The molecule has 0 saturated heterocycles. The number of hydrogen-bond acceptors (Lipinski definition) is 2. The van der Waals surface area contributed by atoms with E-state index < -0.39 is 0 Å². The van der Waals surface area contributed by atoms with Gasteiger partial charge in [-0.15, -0.1) is 0 Å². The zero-order chi connectivity index (χ0) is 27.9. The van der Waals surface area contributed by atoms with Crippen LogP contribution in [0.4, 0.5) is 0 Å². The molecule has 2 unspecified atom stereocenters. The van der Waals surface area contributed by atoms with E-state index in [2.05, 4.69) is 93.7 Å². The van der Waals surface area contributed by atoms with E-state index in [0.717, 1.165) is 0 Å². The molecule has 0 amide bonds. The molecule has 0 bridgehead atoms. The third-order valence-electron chi connectivity index (χ3n) is 7.70. The van der Waals surface area contributed by atoms with Crippen LogP contribution in [-0.2, 0) is 0 Å². The summed E-state index contributed by atoms with van der Waals surface area (Å²) >= 11 is 0. The van der Waals surface area contributed by atoms with Crippen molar-refractivity contribution in [2.75, 3.05) is 13.1 Å². The minimum atomic E-state index is 0.388. The van der Waals surface area contributed by atoms with Crippen molar-refractivity contribution in [3.63, 3.8) is 0 Å². The zero-order valence-corrected chi connectivity index (χ0v) is 27.5. The van der Waals surface area contributed by atoms with E-state index in [4.69, 9.17) is 0 Å². The lowest BCUT2D eigenvalue weighted by molar-refractivity contribution is 0.209. The summed E-state index contributed by atoms with van der Waals surface area (Å²) in [7, 11) is 0. The molecule has 0 heterocycles. The largest absolute Gasteiger partial charge is 0.314 e. The molecule has 218 valence electrons. The van der Waals surface area contributed by atoms with Crippen molar-refractivity contribution in [3.05, 3.63) is 0 Å². The van der Waals surface area contributed by atoms with Crippen LogP contribution in [-0.4, -0.2) is 25.2 Å². The molecule has 36 heavy (non-hydrogen) atoms. The molecule has 0 aromatic rings. The predicted molar refractivity (Wildman–Crippen MR) is 166 cm³/mol. The maximum Gasteiger partial charge on any atom is 0.00771 e. The Morgan fingerprint density at radius 3 is 1.06 bits per heavy atom. The van der Waals surface area contributed by atoms with E-state index >= 15 is 0 Å². The van der Waals surface area contributed by atoms with Crippen LogP contribution in [0.15, 0.2) is 0 Å². The van der Waals surface area contributed by atoms with Crippen molar-refractivity contribution >= 4 is 0 Å². The Hall–Kier alpha value is -0.0800. The van der Waals surface area contributed by atoms with Crippen molar-refractivity contribution in [2.24, 2.45) is 21.7 Å². The summed E-state index contributed by atoms with van der Waals surface area (Å²) in [5.74, 6) is 0. The van der Waals surface area contributed by atoms with Gasteiger partial charge in [0.1, 0.15) is 0 Å². The maximum absolute atomic E-state index is 3.97. The van der Waals surface area contributed by atoms with Gasteiger partial charge in [0.15, 0.2) is 0 Å².